The van der Waals surface area contributed by atoms with E-state index in [2.05, 4.69) is 25.7 Å². The van der Waals surface area contributed by atoms with Crippen LogP contribution in [0.3, 0.4) is 0 Å². The molecule has 2 amide bonds. The van der Waals surface area contributed by atoms with Crippen LogP contribution in [0.15, 0.2) is 31.0 Å². The zero-order chi connectivity index (χ0) is 15.4. The van der Waals surface area contributed by atoms with Crippen LogP contribution in [0.4, 0.5) is 10.5 Å². The average molecular weight is 302 g/mol. The number of amides is 2. The standard InChI is InChI=1S/C14H18N6O2/c1-10(12-3-2-6-22-12)18-14(21)19-11-4-5-13(16-7-11)20-9-15-8-17-20/h4-5,7-10,12H,2-3,6H2,1H3,(H2,18,19,21)/t10-,12-/m0/s1. The molecule has 0 radical (unpaired) electrons. The number of anilines is 1. The van der Waals surface area contributed by atoms with Gasteiger partial charge < -0.3 is 15.4 Å². The number of nitrogens with zero attached hydrogens (tertiary/aromatic N) is 4. The molecule has 22 heavy (non-hydrogen) atoms. The van der Waals surface area contributed by atoms with Crippen LogP contribution in [-0.4, -0.2) is 44.5 Å². The molecule has 8 heteroatoms. The van der Waals surface area contributed by atoms with Crippen molar-refractivity contribution in [2.45, 2.75) is 31.9 Å². The molecule has 3 heterocycles. The van der Waals surface area contributed by atoms with E-state index >= 15 is 0 Å². The summed E-state index contributed by atoms with van der Waals surface area (Å²) in [6.07, 6.45) is 6.70. The quantitative estimate of drug-likeness (QED) is 0.889. The highest BCUT2D eigenvalue weighted by Gasteiger charge is 2.23. The fourth-order valence-electron chi connectivity index (χ4n) is 2.39. The molecule has 0 spiro atoms. The van der Waals surface area contributed by atoms with Gasteiger partial charge in [-0.15, -0.1) is 0 Å². The predicted molar refractivity (Wildman–Crippen MR) is 79.7 cm³/mol. The lowest BCUT2D eigenvalue weighted by Crippen LogP contribution is -2.43. The maximum absolute atomic E-state index is 12.0. The van der Waals surface area contributed by atoms with Crippen molar-refractivity contribution >= 4 is 11.7 Å². The lowest BCUT2D eigenvalue weighted by atomic mass is 10.1. The van der Waals surface area contributed by atoms with Crippen molar-refractivity contribution in [2.24, 2.45) is 0 Å². The molecule has 8 nitrogen and oxygen atoms in total. The Morgan fingerprint density at radius 3 is 3.05 bits per heavy atom. The molecule has 1 fully saturated rings. The summed E-state index contributed by atoms with van der Waals surface area (Å²) in [5, 5.41) is 9.63. The first-order valence-corrected chi connectivity index (χ1v) is 7.22. The molecule has 1 aliphatic heterocycles. The van der Waals surface area contributed by atoms with Crippen molar-refractivity contribution in [3.63, 3.8) is 0 Å². The highest BCUT2D eigenvalue weighted by Crippen LogP contribution is 2.15. The van der Waals surface area contributed by atoms with Crippen LogP contribution >= 0.6 is 0 Å². The number of pyridine rings is 1. The van der Waals surface area contributed by atoms with Gasteiger partial charge in [0.1, 0.15) is 12.7 Å². The normalized spacial score (nSPS) is 18.9. The summed E-state index contributed by atoms with van der Waals surface area (Å²) in [4.78, 5) is 20.0. The van der Waals surface area contributed by atoms with Crippen LogP contribution in [0.1, 0.15) is 19.8 Å². The van der Waals surface area contributed by atoms with E-state index in [1.165, 1.54) is 6.33 Å². The van der Waals surface area contributed by atoms with E-state index in [0.29, 0.717) is 11.5 Å². The van der Waals surface area contributed by atoms with Crippen molar-refractivity contribution in [3.05, 3.63) is 31.0 Å². The van der Waals surface area contributed by atoms with Gasteiger partial charge in [0.05, 0.1) is 24.0 Å². The fourth-order valence-corrected chi connectivity index (χ4v) is 2.39. The van der Waals surface area contributed by atoms with Crippen molar-refractivity contribution in [1.29, 1.82) is 0 Å². The van der Waals surface area contributed by atoms with E-state index in [0.717, 1.165) is 19.4 Å². The number of ether oxygens (including phenoxy) is 1. The monoisotopic (exact) mass is 302 g/mol. The Balaban J connectivity index is 1.55. The first-order chi connectivity index (χ1) is 10.7. The molecule has 1 saturated heterocycles. The molecular formula is C14H18N6O2. The number of rotatable bonds is 4. The summed E-state index contributed by atoms with van der Waals surface area (Å²) in [6.45, 7) is 2.72. The maximum atomic E-state index is 12.0. The van der Waals surface area contributed by atoms with E-state index < -0.39 is 0 Å². The Morgan fingerprint density at radius 1 is 1.50 bits per heavy atom. The van der Waals surface area contributed by atoms with Gasteiger partial charge in [0.2, 0.25) is 0 Å². The van der Waals surface area contributed by atoms with Crippen molar-refractivity contribution < 1.29 is 9.53 Å². The van der Waals surface area contributed by atoms with E-state index in [-0.39, 0.29) is 18.2 Å². The lowest BCUT2D eigenvalue weighted by molar-refractivity contribution is 0.0868. The Morgan fingerprint density at radius 2 is 2.41 bits per heavy atom. The largest absolute Gasteiger partial charge is 0.376 e. The lowest BCUT2D eigenvalue weighted by Gasteiger charge is -2.20. The van der Waals surface area contributed by atoms with Crippen LogP contribution in [-0.2, 0) is 4.74 Å². The minimum Gasteiger partial charge on any atom is -0.376 e. The molecule has 2 aromatic heterocycles. The zero-order valence-corrected chi connectivity index (χ0v) is 12.3. The molecular weight excluding hydrogens is 284 g/mol. The summed E-state index contributed by atoms with van der Waals surface area (Å²) in [5.74, 6) is 0.635. The minimum absolute atomic E-state index is 0.0233. The molecule has 0 saturated carbocycles. The predicted octanol–water partition coefficient (Wildman–Crippen LogP) is 1.35. The summed E-state index contributed by atoms with van der Waals surface area (Å²) < 4.78 is 7.10. The summed E-state index contributed by atoms with van der Waals surface area (Å²) in [6, 6.07) is 3.23. The number of hydrogen-bond donors (Lipinski definition) is 2. The molecule has 0 aromatic carbocycles. The number of aromatic nitrogens is 4. The van der Waals surface area contributed by atoms with Crippen molar-refractivity contribution in [1.82, 2.24) is 25.1 Å². The molecule has 0 bridgehead atoms. The highest BCUT2D eigenvalue weighted by molar-refractivity contribution is 5.89. The van der Waals surface area contributed by atoms with Gasteiger partial charge in [-0.3, -0.25) is 0 Å². The van der Waals surface area contributed by atoms with Crippen molar-refractivity contribution in [2.75, 3.05) is 11.9 Å². The topological polar surface area (TPSA) is 94.0 Å². The molecule has 1 aliphatic rings. The third-order valence-corrected chi connectivity index (χ3v) is 3.54. The number of hydrogen-bond acceptors (Lipinski definition) is 5. The van der Waals surface area contributed by atoms with Gasteiger partial charge in [0.25, 0.3) is 0 Å². The Hall–Kier alpha value is -2.48. The van der Waals surface area contributed by atoms with Crippen LogP contribution in [0.25, 0.3) is 5.82 Å². The molecule has 2 atom stereocenters. The maximum Gasteiger partial charge on any atom is 0.319 e. The highest BCUT2D eigenvalue weighted by atomic mass is 16.5. The van der Waals surface area contributed by atoms with Gasteiger partial charge in [0.15, 0.2) is 5.82 Å². The summed E-state index contributed by atoms with van der Waals surface area (Å²) >= 11 is 0. The summed E-state index contributed by atoms with van der Waals surface area (Å²) in [7, 11) is 0. The SMILES string of the molecule is C[C@H](NC(=O)Nc1ccc(-n2cncn2)nc1)[C@@H]1CCCO1. The molecule has 116 valence electrons. The van der Waals surface area contributed by atoms with Gasteiger partial charge in [-0.1, -0.05) is 0 Å². The Labute approximate surface area is 127 Å². The third kappa shape index (κ3) is 3.40. The summed E-state index contributed by atoms with van der Waals surface area (Å²) in [5.41, 5.74) is 0.612. The number of carbonyl (C=O) groups is 1. The zero-order valence-electron chi connectivity index (χ0n) is 12.3. The third-order valence-electron chi connectivity index (χ3n) is 3.54. The number of carbonyl (C=O) groups excluding carboxylic acids is 1. The second-order valence-electron chi connectivity index (χ2n) is 5.18. The minimum atomic E-state index is -0.265. The van der Waals surface area contributed by atoms with Crippen LogP contribution in [0.2, 0.25) is 0 Å². The van der Waals surface area contributed by atoms with E-state index in [4.69, 9.17) is 4.74 Å². The molecule has 2 aromatic rings. The van der Waals surface area contributed by atoms with Gasteiger partial charge in [-0.25, -0.2) is 19.4 Å². The van der Waals surface area contributed by atoms with Crippen LogP contribution < -0.4 is 10.6 Å². The molecule has 2 N–H and O–H groups in total. The van der Waals surface area contributed by atoms with E-state index in [1.807, 2.05) is 6.92 Å². The van der Waals surface area contributed by atoms with Gasteiger partial charge in [0, 0.05) is 6.61 Å². The van der Waals surface area contributed by atoms with E-state index in [1.54, 1.807) is 29.3 Å². The first kappa shape index (κ1) is 14.5. The van der Waals surface area contributed by atoms with Gasteiger partial charge in [-0.05, 0) is 31.9 Å². The fraction of sp³-hybridized carbons (Fsp3) is 0.429. The Kier molecular flexibility index (Phi) is 4.29. The van der Waals surface area contributed by atoms with Crippen molar-refractivity contribution in [3.8, 4) is 5.82 Å². The van der Waals surface area contributed by atoms with Gasteiger partial charge in [-0.2, -0.15) is 5.10 Å². The molecule has 3 rings (SSSR count). The van der Waals surface area contributed by atoms with Crippen LogP contribution in [0.5, 0.6) is 0 Å². The second-order valence-corrected chi connectivity index (χ2v) is 5.18. The Bertz CT molecular complexity index is 607. The van der Waals surface area contributed by atoms with E-state index in [9.17, 15) is 4.79 Å². The smallest absolute Gasteiger partial charge is 0.319 e. The van der Waals surface area contributed by atoms with Crippen LogP contribution in [0, 0.1) is 0 Å². The van der Waals surface area contributed by atoms with Gasteiger partial charge >= 0.3 is 6.03 Å². The number of nitrogens with one attached hydrogen (secondary N) is 2. The number of urea groups is 1. The first-order valence-electron chi connectivity index (χ1n) is 7.22. The molecule has 0 aliphatic carbocycles. The molecule has 0 unspecified atom stereocenters. The second kappa shape index (κ2) is 6.52. The average Bonchev–Trinajstić information content (AvgIpc) is 3.21.